The molecule has 86 valence electrons. The van der Waals surface area contributed by atoms with Crippen LogP contribution in [0.25, 0.3) is 0 Å². The van der Waals surface area contributed by atoms with E-state index in [4.69, 9.17) is 17.5 Å². The first-order valence-electron chi connectivity index (χ1n) is 6.37. The minimum absolute atomic E-state index is 0.280. The topological polar surface area (TPSA) is 35.8 Å². The van der Waals surface area contributed by atoms with E-state index < -0.39 is 0 Å². The minimum atomic E-state index is 0.280. The van der Waals surface area contributed by atoms with E-state index in [1.807, 2.05) is 0 Å². The molecular weight excluding hydrogens is 216 g/mol. The Hall–Kier alpha value is -0.620. The lowest BCUT2D eigenvalue weighted by Crippen LogP contribution is -2.59. The summed E-state index contributed by atoms with van der Waals surface area (Å²) in [5, 5.41) is 12.2. The average Bonchev–Trinajstić information content (AvgIpc) is 2.13. The largest absolute Gasteiger partial charge is 0.373 e. The number of nitrogens with one attached hydrogen (secondary N) is 1. The summed E-state index contributed by atoms with van der Waals surface area (Å²) in [4.78, 5) is 0.768. The summed E-state index contributed by atoms with van der Waals surface area (Å²) in [6.07, 6.45) is 8.63. The van der Waals surface area contributed by atoms with Crippen LogP contribution in [0.15, 0.2) is 0 Å². The number of nitrogens with zero attached hydrogens (tertiary/aromatic N) is 1. The Bertz CT molecular complexity index is 320. The second-order valence-corrected chi connectivity index (χ2v) is 6.57. The fourth-order valence-electron chi connectivity index (χ4n) is 4.68. The molecular formula is C13H18N2S. The van der Waals surface area contributed by atoms with Gasteiger partial charge in [0.2, 0.25) is 0 Å². The van der Waals surface area contributed by atoms with E-state index in [1.54, 1.807) is 0 Å². The van der Waals surface area contributed by atoms with Gasteiger partial charge in [-0.25, -0.2) is 0 Å². The van der Waals surface area contributed by atoms with Crippen molar-refractivity contribution in [2.45, 2.75) is 50.5 Å². The van der Waals surface area contributed by atoms with Gasteiger partial charge in [-0.2, -0.15) is 5.26 Å². The smallest absolute Gasteiger partial charge is 0.0900 e. The van der Waals surface area contributed by atoms with E-state index in [1.165, 1.54) is 38.5 Å². The van der Waals surface area contributed by atoms with E-state index >= 15 is 0 Å². The summed E-state index contributed by atoms with van der Waals surface area (Å²) in [5.41, 5.74) is 0.280. The molecule has 4 fully saturated rings. The zero-order valence-electron chi connectivity index (χ0n) is 9.54. The van der Waals surface area contributed by atoms with Crippen molar-refractivity contribution in [2.75, 3.05) is 0 Å². The molecule has 3 heteroatoms. The van der Waals surface area contributed by atoms with Crippen molar-refractivity contribution in [2.24, 2.45) is 17.8 Å². The van der Waals surface area contributed by atoms with Crippen LogP contribution in [-0.2, 0) is 0 Å². The first-order valence-corrected chi connectivity index (χ1v) is 6.78. The number of thiocarbonyl (C=S) groups is 1. The molecule has 1 N–H and O–H groups in total. The normalized spacial score (nSPS) is 44.1. The van der Waals surface area contributed by atoms with Crippen molar-refractivity contribution in [1.29, 1.82) is 5.26 Å². The van der Waals surface area contributed by atoms with Gasteiger partial charge < -0.3 is 5.32 Å². The zero-order valence-corrected chi connectivity index (χ0v) is 10.4. The third-order valence-electron chi connectivity index (χ3n) is 4.68. The molecule has 0 aromatic rings. The molecule has 4 bridgehead atoms. The summed E-state index contributed by atoms with van der Waals surface area (Å²) >= 11 is 5.25. The van der Waals surface area contributed by atoms with E-state index in [-0.39, 0.29) is 5.54 Å². The van der Waals surface area contributed by atoms with Crippen LogP contribution >= 0.6 is 12.2 Å². The van der Waals surface area contributed by atoms with Crippen molar-refractivity contribution in [3.63, 3.8) is 0 Å². The van der Waals surface area contributed by atoms with Gasteiger partial charge in [0, 0.05) is 5.54 Å². The van der Waals surface area contributed by atoms with Crippen LogP contribution in [0.2, 0.25) is 0 Å². The molecule has 2 nitrogen and oxygen atoms in total. The maximum Gasteiger partial charge on any atom is 0.0900 e. The maximum absolute atomic E-state index is 8.67. The van der Waals surface area contributed by atoms with Crippen molar-refractivity contribution < 1.29 is 0 Å². The minimum Gasteiger partial charge on any atom is -0.373 e. The molecule has 0 aromatic carbocycles. The zero-order chi connectivity index (χ0) is 11.2. The number of hydrogen-bond donors (Lipinski definition) is 1. The fraction of sp³-hybridized carbons (Fsp3) is 0.846. The van der Waals surface area contributed by atoms with Crippen LogP contribution in [0, 0.1) is 29.1 Å². The van der Waals surface area contributed by atoms with Gasteiger partial charge in [0.1, 0.15) is 0 Å². The molecule has 0 aromatic heterocycles. The Morgan fingerprint density at radius 2 is 1.69 bits per heavy atom. The summed E-state index contributed by atoms with van der Waals surface area (Å²) in [5.74, 6) is 2.80. The van der Waals surface area contributed by atoms with Gasteiger partial charge in [0.25, 0.3) is 0 Å². The molecule has 0 atom stereocenters. The lowest BCUT2D eigenvalue weighted by Gasteiger charge is -2.57. The average molecular weight is 234 g/mol. The molecule has 0 unspecified atom stereocenters. The highest BCUT2D eigenvalue weighted by Crippen LogP contribution is 2.55. The Labute approximate surface area is 102 Å². The summed E-state index contributed by atoms with van der Waals surface area (Å²) in [6.45, 7) is 0. The first kappa shape index (κ1) is 10.5. The quantitative estimate of drug-likeness (QED) is 0.746. The summed E-state index contributed by atoms with van der Waals surface area (Å²) in [6, 6.07) is 2.15. The van der Waals surface area contributed by atoms with Crippen LogP contribution in [0.3, 0.4) is 0 Å². The van der Waals surface area contributed by atoms with Gasteiger partial charge in [-0.05, 0) is 56.3 Å². The standard InChI is InChI=1S/C13H18N2S/c14-2-1-12(16)15-13-6-9-3-10(7-13)5-11(4-9)8-13/h9-11H,1,3-8H2,(H,15,16). The van der Waals surface area contributed by atoms with Gasteiger partial charge in [-0.3, -0.25) is 0 Å². The van der Waals surface area contributed by atoms with Crippen molar-refractivity contribution in [3.8, 4) is 6.07 Å². The van der Waals surface area contributed by atoms with Gasteiger partial charge in [0.15, 0.2) is 0 Å². The fourth-order valence-corrected chi connectivity index (χ4v) is 4.96. The van der Waals surface area contributed by atoms with Crippen LogP contribution in [0.5, 0.6) is 0 Å². The van der Waals surface area contributed by atoms with Crippen LogP contribution in [-0.4, -0.2) is 10.5 Å². The molecule has 0 radical (unpaired) electrons. The molecule has 0 aliphatic heterocycles. The second kappa shape index (κ2) is 3.70. The molecule has 4 aliphatic rings. The number of rotatable bonds is 2. The van der Waals surface area contributed by atoms with E-state index in [9.17, 15) is 0 Å². The Balaban J connectivity index is 1.74. The Morgan fingerprint density at radius 3 is 2.12 bits per heavy atom. The Morgan fingerprint density at radius 1 is 1.19 bits per heavy atom. The van der Waals surface area contributed by atoms with Crippen molar-refractivity contribution >= 4 is 17.2 Å². The Kier molecular flexibility index (Phi) is 2.43. The lowest BCUT2D eigenvalue weighted by atomic mass is 9.53. The molecule has 0 saturated heterocycles. The first-order chi connectivity index (χ1) is 7.69. The highest BCUT2D eigenvalue weighted by molar-refractivity contribution is 7.80. The molecule has 0 heterocycles. The molecule has 4 aliphatic carbocycles. The summed E-state index contributed by atoms with van der Waals surface area (Å²) < 4.78 is 0. The van der Waals surface area contributed by atoms with E-state index in [2.05, 4.69) is 11.4 Å². The van der Waals surface area contributed by atoms with Crippen molar-refractivity contribution in [1.82, 2.24) is 5.32 Å². The van der Waals surface area contributed by atoms with Crippen molar-refractivity contribution in [3.05, 3.63) is 0 Å². The monoisotopic (exact) mass is 234 g/mol. The number of hydrogen-bond acceptors (Lipinski definition) is 2. The lowest BCUT2D eigenvalue weighted by molar-refractivity contribution is -0.00987. The second-order valence-electron chi connectivity index (χ2n) is 6.08. The van der Waals surface area contributed by atoms with E-state index in [0.717, 1.165) is 22.7 Å². The molecule has 4 rings (SSSR count). The third kappa shape index (κ3) is 1.73. The van der Waals surface area contributed by atoms with Crippen LogP contribution in [0.4, 0.5) is 0 Å². The third-order valence-corrected chi connectivity index (χ3v) is 4.93. The molecule has 4 saturated carbocycles. The van der Waals surface area contributed by atoms with Crippen LogP contribution in [0.1, 0.15) is 44.9 Å². The predicted molar refractivity (Wildman–Crippen MR) is 66.9 cm³/mol. The molecule has 0 amide bonds. The molecule has 16 heavy (non-hydrogen) atoms. The summed E-state index contributed by atoms with van der Waals surface area (Å²) in [7, 11) is 0. The number of nitriles is 1. The van der Waals surface area contributed by atoms with Gasteiger partial charge in [0.05, 0.1) is 17.5 Å². The SMILES string of the molecule is N#CCC(=S)NC12CC3CC(CC(C3)C1)C2. The predicted octanol–water partition coefficient (Wildman–Crippen LogP) is 2.79. The van der Waals surface area contributed by atoms with Gasteiger partial charge in [-0.1, -0.05) is 12.2 Å². The maximum atomic E-state index is 8.67. The van der Waals surface area contributed by atoms with Crippen LogP contribution < -0.4 is 5.32 Å². The van der Waals surface area contributed by atoms with E-state index in [0.29, 0.717) is 6.42 Å². The van der Waals surface area contributed by atoms with Gasteiger partial charge >= 0.3 is 0 Å². The highest BCUT2D eigenvalue weighted by Gasteiger charge is 2.51. The van der Waals surface area contributed by atoms with Gasteiger partial charge in [-0.15, -0.1) is 0 Å². The highest BCUT2D eigenvalue weighted by atomic mass is 32.1. The molecule has 0 spiro atoms.